The lowest BCUT2D eigenvalue weighted by molar-refractivity contribution is 0.0404. The second-order valence-electron chi connectivity index (χ2n) is 5.81. The highest BCUT2D eigenvalue weighted by Crippen LogP contribution is 2.32. The summed E-state index contributed by atoms with van der Waals surface area (Å²) >= 11 is 0. The highest BCUT2D eigenvalue weighted by molar-refractivity contribution is 4.92. The van der Waals surface area contributed by atoms with Crippen molar-refractivity contribution in [2.75, 3.05) is 33.4 Å². The van der Waals surface area contributed by atoms with Crippen molar-refractivity contribution in [1.82, 2.24) is 4.90 Å². The van der Waals surface area contributed by atoms with Crippen LogP contribution in [0.2, 0.25) is 0 Å². The van der Waals surface area contributed by atoms with Crippen molar-refractivity contribution in [2.24, 2.45) is 11.7 Å². The molecule has 0 aromatic carbocycles. The molecular weight excluding hydrogens is 200 g/mol. The Kier molecular flexibility index (Phi) is 4.22. The Bertz CT molecular complexity index is 210. The first kappa shape index (κ1) is 12.3. The van der Waals surface area contributed by atoms with Crippen molar-refractivity contribution in [3.63, 3.8) is 0 Å². The molecule has 0 aromatic rings. The van der Waals surface area contributed by atoms with Crippen LogP contribution in [-0.2, 0) is 4.74 Å². The van der Waals surface area contributed by atoms with Crippen molar-refractivity contribution in [3.05, 3.63) is 0 Å². The number of nitrogens with zero attached hydrogens (tertiary/aromatic N) is 1. The Morgan fingerprint density at radius 1 is 1.38 bits per heavy atom. The molecule has 1 atom stereocenters. The molecule has 1 unspecified atom stereocenters. The maximum Gasteiger partial charge on any atom is 0.0506 e. The van der Waals surface area contributed by atoms with E-state index >= 15 is 0 Å². The van der Waals surface area contributed by atoms with Crippen molar-refractivity contribution in [1.29, 1.82) is 0 Å². The summed E-state index contributed by atoms with van der Waals surface area (Å²) in [5, 5.41) is 0. The Hall–Kier alpha value is -0.120. The van der Waals surface area contributed by atoms with E-state index in [-0.39, 0.29) is 5.54 Å². The van der Waals surface area contributed by atoms with Gasteiger partial charge in [-0.05, 0) is 58.0 Å². The SMILES string of the molecule is CN(CCC1(N)CCC1)CC1CCCOC1. The molecule has 2 N–H and O–H groups in total. The van der Waals surface area contributed by atoms with E-state index in [0.717, 1.165) is 32.1 Å². The van der Waals surface area contributed by atoms with Gasteiger partial charge in [-0.1, -0.05) is 0 Å². The highest BCUT2D eigenvalue weighted by atomic mass is 16.5. The summed E-state index contributed by atoms with van der Waals surface area (Å²) in [5.41, 5.74) is 6.41. The van der Waals surface area contributed by atoms with Crippen LogP contribution in [0.4, 0.5) is 0 Å². The van der Waals surface area contributed by atoms with E-state index in [9.17, 15) is 0 Å². The molecule has 1 heterocycles. The molecule has 1 saturated carbocycles. The zero-order chi connectivity index (χ0) is 11.4. The second-order valence-corrected chi connectivity index (χ2v) is 5.81. The average Bonchev–Trinajstić information content (AvgIpc) is 2.25. The van der Waals surface area contributed by atoms with Crippen LogP contribution in [0, 0.1) is 5.92 Å². The third-order valence-electron chi connectivity index (χ3n) is 4.17. The van der Waals surface area contributed by atoms with E-state index in [1.165, 1.54) is 38.6 Å². The molecule has 1 aliphatic heterocycles. The van der Waals surface area contributed by atoms with Gasteiger partial charge in [0.05, 0.1) is 6.61 Å². The molecule has 1 saturated heterocycles. The van der Waals surface area contributed by atoms with Gasteiger partial charge in [0.1, 0.15) is 0 Å². The van der Waals surface area contributed by atoms with Crippen LogP contribution in [0.1, 0.15) is 38.5 Å². The van der Waals surface area contributed by atoms with Gasteiger partial charge in [-0.25, -0.2) is 0 Å². The molecule has 2 fully saturated rings. The monoisotopic (exact) mass is 226 g/mol. The van der Waals surface area contributed by atoms with Crippen LogP contribution in [0.5, 0.6) is 0 Å². The fourth-order valence-corrected chi connectivity index (χ4v) is 2.78. The minimum absolute atomic E-state index is 0.178. The van der Waals surface area contributed by atoms with Gasteiger partial charge in [0.15, 0.2) is 0 Å². The summed E-state index contributed by atoms with van der Waals surface area (Å²) in [6.07, 6.45) is 7.52. The summed E-state index contributed by atoms with van der Waals surface area (Å²) < 4.78 is 5.51. The third kappa shape index (κ3) is 3.44. The number of nitrogens with two attached hydrogens (primary N) is 1. The number of hydrogen-bond donors (Lipinski definition) is 1. The van der Waals surface area contributed by atoms with E-state index in [1.807, 2.05) is 0 Å². The molecule has 0 bridgehead atoms. The smallest absolute Gasteiger partial charge is 0.0506 e. The van der Waals surface area contributed by atoms with Gasteiger partial charge in [0, 0.05) is 18.7 Å². The fourth-order valence-electron chi connectivity index (χ4n) is 2.78. The Morgan fingerprint density at radius 2 is 2.19 bits per heavy atom. The first-order chi connectivity index (χ1) is 7.68. The van der Waals surface area contributed by atoms with Gasteiger partial charge in [-0.2, -0.15) is 0 Å². The van der Waals surface area contributed by atoms with Gasteiger partial charge >= 0.3 is 0 Å². The molecule has 0 spiro atoms. The van der Waals surface area contributed by atoms with Crippen LogP contribution in [0.3, 0.4) is 0 Å². The molecule has 16 heavy (non-hydrogen) atoms. The molecule has 94 valence electrons. The van der Waals surface area contributed by atoms with Gasteiger partial charge in [0.25, 0.3) is 0 Å². The number of hydrogen-bond acceptors (Lipinski definition) is 3. The molecule has 2 rings (SSSR count). The van der Waals surface area contributed by atoms with E-state index in [1.54, 1.807) is 0 Å². The Labute approximate surface area is 99.3 Å². The van der Waals surface area contributed by atoms with Crippen LogP contribution < -0.4 is 5.73 Å². The Balaban J connectivity index is 1.61. The fraction of sp³-hybridized carbons (Fsp3) is 1.00. The summed E-state index contributed by atoms with van der Waals surface area (Å²) in [7, 11) is 2.22. The summed E-state index contributed by atoms with van der Waals surface area (Å²) in [6, 6.07) is 0. The maximum atomic E-state index is 6.23. The average molecular weight is 226 g/mol. The van der Waals surface area contributed by atoms with E-state index < -0.39 is 0 Å². The zero-order valence-electron chi connectivity index (χ0n) is 10.6. The van der Waals surface area contributed by atoms with E-state index in [0.29, 0.717) is 0 Å². The van der Waals surface area contributed by atoms with Gasteiger partial charge < -0.3 is 15.4 Å². The lowest BCUT2D eigenvalue weighted by Crippen LogP contribution is -2.48. The van der Waals surface area contributed by atoms with Crippen molar-refractivity contribution >= 4 is 0 Å². The predicted molar refractivity (Wildman–Crippen MR) is 66.4 cm³/mol. The van der Waals surface area contributed by atoms with Crippen LogP contribution in [0.25, 0.3) is 0 Å². The highest BCUT2D eigenvalue weighted by Gasteiger charge is 2.32. The molecule has 0 radical (unpaired) electrons. The molecule has 3 nitrogen and oxygen atoms in total. The second kappa shape index (κ2) is 5.48. The largest absolute Gasteiger partial charge is 0.381 e. The van der Waals surface area contributed by atoms with Gasteiger partial charge in [0.2, 0.25) is 0 Å². The number of ether oxygens (including phenoxy) is 1. The predicted octanol–water partition coefficient (Wildman–Crippen LogP) is 1.62. The summed E-state index contributed by atoms with van der Waals surface area (Å²) in [5.74, 6) is 0.744. The van der Waals surface area contributed by atoms with Gasteiger partial charge in [-0.3, -0.25) is 0 Å². The first-order valence-electron chi connectivity index (χ1n) is 6.73. The van der Waals surface area contributed by atoms with Gasteiger partial charge in [-0.15, -0.1) is 0 Å². The third-order valence-corrected chi connectivity index (χ3v) is 4.17. The van der Waals surface area contributed by atoms with E-state index in [4.69, 9.17) is 10.5 Å². The van der Waals surface area contributed by atoms with Crippen LogP contribution in [-0.4, -0.2) is 43.8 Å². The molecule has 0 aromatic heterocycles. The van der Waals surface area contributed by atoms with E-state index in [2.05, 4.69) is 11.9 Å². The quantitative estimate of drug-likeness (QED) is 0.774. The number of rotatable bonds is 5. The molecule has 3 heteroatoms. The normalized spacial score (nSPS) is 29.1. The molecule has 2 aliphatic rings. The standard InChI is InChI=1S/C13H26N2O/c1-15(8-7-13(14)5-3-6-13)10-12-4-2-9-16-11-12/h12H,2-11,14H2,1H3. The summed E-state index contributed by atoms with van der Waals surface area (Å²) in [4.78, 5) is 2.44. The maximum absolute atomic E-state index is 6.23. The molecule has 0 amide bonds. The first-order valence-corrected chi connectivity index (χ1v) is 6.73. The minimum atomic E-state index is 0.178. The molecule has 1 aliphatic carbocycles. The van der Waals surface area contributed by atoms with Crippen molar-refractivity contribution in [3.8, 4) is 0 Å². The Morgan fingerprint density at radius 3 is 2.75 bits per heavy atom. The van der Waals surface area contributed by atoms with Crippen molar-refractivity contribution in [2.45, 2.75) is 44.1 Å². The lowest BCUT2D eigenvalue weighted by Gasteiger charge is -2.39. The van der Waals surface area contributed by atoms with Crippen LogP contribution in [0.15, 0.2) is 0 Å². The van der Waals surface area contributed by atoms with Crippen molar-refractivity contribution < 1.29 is 4.74 Å². The van der Waals surface area contributed by atoms with Crippen LogP contribution >= 0.6 is 0 Å². The summed E-state index contributed by atoms with van der Waals surface area (Å²) in [6.45, 7) is 4.24. The molecular formula is C13H26N2O. The topological polar surface area (TPSA) is 38.5 Å². The lowest BCUT2D eigenvalue weighted by atomic mass is 9.75. The minimum Gasteiger partial charge on any atom is -0.381 e. The zero-order valence-corrected chi connectivity index (χ0v) is 10.6.